The number of ether oxygens (including phenoxy) is 1. The summed E-state index contributed by atoms with van der Waals surface area (Å²) in [6.07, 6.45) is 2.93. The first-order valence-corrected chi connectivity index (χ1v) is 9.32. The van der Waals surface area contributed by atoms with Gasteiger partial charge in [-0.05, 0) is 51.8 Å². The minimum atomic E-state index is -0.651. The van der Waals surface area contributed by atoms with E-state index >= 15 is 0 Å². The molecule has 28 heavy (non-hydrogen) atoms. The third-order valence-corrected chi connectivity index (χ3v) is 4.52. The first-order chi connectivity index (χ1) is 13.2. The van der Waals surface area contributed by atoms with Gasteiger partial charge in [-0.2, -0.15) is 0 Å². The number of hydrogen-bond donors (Lipinski definition) is 0. The van der Waals surface area contributed by atoms with E-state index in [0.717, 1.165) is 24.6 Å². The number of likely N-dealkylation sites (tertiary alicyclic amines) is 1. The zero-order valence-electron chi connectivity index (χ0n) is 16.3. The molecule has 0 saturated carbocycles. The van der Waals surface area contributed by atoms with E-state index in [-0.39, 0.29) is 24.2 Å². The van der Waals surface area contributed by atoms with Crippen LogP contribution in [0.3, 0.4) is 0 Å². The first-order valence-electron chi connectivity index (χ1n) is 9.32. The van der Waals surface area contributed by atoms with Gasteiger partial charge in [0.15, 0.2) is 0 Å². The highest BCUT2D eigenvalue weighted by atomic mass is 19.1. The lowest BCUT2D eigenvalue weighted by Crippen LogP contribution is -2.41. The summed E-state index contributed by atoms with van der Waals surface area (Å²) in [6, 6.07) is 5.22. The van der Waals surface area contributed by atoms with Gasteiger partial charge in [-0.25, -0.2) is 13.6 Å². The molecule has 0 radical (unpaired) electrons. The van der Waals surface area contributed by atoms with Crippen LogP contribution >= 0.6 is 0 Å². The molecule has 1 aromatic carbocycles. The van der Waals surface area contributed by atoms with Crippen molar-refractivity contribution in [1.82, 2.24) is 14.8 Å². The predicted octanol–water partition coefficient (Wildman–Crippen LogP) is 3.90. The molecule has 1 fully saturated rings. The number of rotatable bonds is 4. The largest absolute Gasteiger partial charge is 0.444 e. The van der Waals surface area contributed by atoms with Gasteiger partial charge in [0.25, 0.3) is 0 Å². The Morgan fingerprint density at radius 2 is 1.93 bits per heavy atom. The van der Waals surface area contributed by atoms with Gasteiger partial charge in [0.05, 0.1) is 11.9 Å². The fourth-order valence-electron chi connectivity index (χ4n) is 3.07. The number of aromatic nitrogens is 2. The summed E-state index contributed by atoms with van der Waals surface area (Å²) >= 11 is 0. The highest BCUT2D eigenvalue weighted by molar-refractivity contribution is 5.68. The zero-order valence-corrected chi connectivity index (χ0v) is 16.3. The van der Waals surface area contributed by atoms with Gasteiger partial charge in [-0.1, -0.05) is 0 Å². The molecule has 0 spiro atoms. The van der Waals surface area contributed by atoms with Crippen molar-refractivity contribution in [2.75, 3.05) is 13.1 Å². The van der Waals surface area contributed by atoms with Crippen LogP contribution in [0.4, 0.5) is 13.6 Å². The van der Waals surface area contributed by atoms with E-state index in [1.165, 1.54) is 17.0 Å². The van der Waals surface area contributed by atoms with Crippen molar-refractivity contribution in [3.63, 3.8) is 0 Å². The maximum Gasteiger partial charge on any atom is 0.410 e. The Bertz CT molecular complexity index is 824. The van der Waals surface area contributed by atoms with E-state index in [9.17, 15) is 13.6 Å². The Kier molecular flexibility index (Phi) is 5.86. The van der Waals surface area contributed by atoms with Crippen LogP contribution in [0.5, 0.6) is 0 Å². The average molecular weight is 393 g/mol. The van der Waals surface area contributed by atoms with E-state index < -0.39 is 17.2 Å². The number of hydrogen-bond acceptors (Lipinski definition) is 4. The van der Waals surface area contributed by atoms with Crippen LogP contribution in [0.2, 0.25) is 0 Å². The van der Waals surface area contributed by atoms with Crippen molar-refractivity contribution in [2.24, 2.45) is 0 Å². The van der Waals surface area contributed by atoms with Crippen molar-refractivity contribution in [1.29, 1.82) is 0 Å². The maximum atomic E-state index is 13.7. The molecule has 0 bridgehead atoms. The van der Waals surface area contributed by atoms with Gasteiger partial charge in [0, 0.05) is 30.6 Å². The van der Waals surface area contributed by atoms with Crippen LogP contribution in [0, 0.1) is 11.6 Å². The molecule has 0 aliphatic carbocycles. The molecule has 1 aliphatic rings. The van der Waals surface area contributed by atoms with Gasteiger partial charge >= 0.3 is 6.09 Å². The van der Waals surface area contributed by atoms with Crippen LogP contribution < -0.4 is 4.84 Å². The smallest absolute Gasteiger partial charge is 0.410 e. The minimum absolute atomic E-state index is 0.0513. The Hall–Kier alpha value is -2.64. The minimum Gasteiger partial charge on any atom is -0.444 e. The molecule has 1 amide bonds. The van der Waals surface area contributed by atoms with Gasteiger partial charge in [-0.3, -0.25) is 0 Å². The Morgan fingerprint density at radius 3 is 2.57 bits per heavy atom. The summed E-state index contributed by atoms with van der Waals surface area (Å²) in [6.45, 7) is 6.71. The molecule has 2 aromatic rings. The van der Waals surface area contributed by atoms with E-state index in [0.29, 0.717) is 13.1 Å². The van der Waals surface area contributed by atoms with Gasteiger partial charge in [0.2, 0.25) is 0 Å². The highest BCUT2D eigenvalue weighted by Gasteiger charge is 2.28. The number of carbonyl (C=O) groups is 1. The van der Waals surface area contributed by atoms with E-state index in [1.807, 2.05) is 26.8 Å². The van der Waals surface area contributed by atoms with Crippen LogP contribution in [0.25, 0.3) is 0 Å². The summed E-state index contributed by atoms with van der Waals surface area (Å²) in [7, 11) is 0. The summed E-state index contributed by atoms with van der Waals surface area (Å²) in [4.78, 5) is 20.6. The van der Waals surface area contributed by atoms with Crippen molar-refractivity contribution in [2.45, 2.75) is 51.7 Å². The average Bonchev–Trinajstić information content (AvgIpc) is 3.09. The number of benzene rings is 1. The van der Waals surface area contributed by atoms with Crippen molar-refractivity contribution in [3.8, 4) is 0 Å². The monoisotopic (exact) mass is 393 g/mol. The van der Waals surface area contributed by atoms with Crippen LogP contribution in [-0.2, 0) is 11.3 Å². The number of halogens is 2. The zero-order chi connectivity index (χ0) is 20.3. The summed E-state index contributed by atoms with van der Waals surface area (Å²) < 4.78 is 32.0. The Morgan fingerprint density at radius 1 is 1.21 bits per heavy atom. The molecule has 1 aromatic heterocycles. The molecular weight excluding hydrogens is 368 g/mol. The number of nitrogens with zero attached hydrogens (tertiary/aromatic N) is 3. The second-order valence-corrected chi connectivity index (χ2v) is 7.89. The van der Waals surface area contributed by atoms with Crippen LogP contribution in [0.1, 0.15) is 50.8 Å². The number of carbonyl (C=O) groups excluding carboxylic acids is 1. The van der Waals surface area contributed by atoms with E-state index in [1.54, 1.807) is 11.1 Å². The third-order valence-electron chi connectivity index (χ3n) is 4.52. The molecule has 1 saturated heterocycles. The quantitative estimate of drug-likeness (QED) is 0.791. The van der Waals surface area contributed by atoms with Crippen LogP contribution in [0.15, 0.2) is 30.5 Å². The molecule has 0 N–H and O–H groups in total. The molecule has 8 heteroatoms. The van der Waals surface area contributed by atoms with Gasteiger partial charge in [0.1, 0.15) is 23.8 Å². The molecule has 2 heterocycles. The molecule has 0 atom stereocenters. The fraction of sp³-hybridized carbons (Fsp3) is 0.500. The van der Waals surface area contributed by atoms with Crippen LogP contribution in [-0.4, -0.2) is 39.6 Å². The summed E-state index contributed by atoms with van der Waals surface area (Å²) in [5.41, 5.74) is 0.612. The van der Waals surface area contributed by atoms with Crippen molar-refractivity contribution >= 4 is 6.09 Å². The second kappa shape index (κ2) is 8.16. The van der Waals surface area contributed by atoms with Crippen molar-refractivity contribution in [3.05, 3.63) is 53.4 Å². The Balaban J connectivity index is 1.51. The molecule has 0 unspecified atom stereocenters. The molecule has 1 aliphatic heterocycles. The molecule has 152 valence electrons. The van der Waals surface area contributed by atoms with Gasteiger partial charge < -0.3 is 14.5 Å². The lowest BCUT2D eigenvalue weighted by molar-refractivity contribution is 0.0202. The topological polar surface area (TPSA) is 56.6 Å². The Labute approximate surface area is 163 Å². The fourth-order valence-corrected chi connectivity index (χ4v) is 3.07. The van der Waals surface area contributed by atoms with E-state index in [2.05, 4.69) is 5.10 Å². The maximum absolute atomic E-state index is 13.7. The number of amides is 1. The lowest BCUT2D eigenvalue weighted by atomic mass is 9.94. The molecule has 3 rings (SSSR count). The molecule has 6 nitrogen and oxygen atoms in total. The standard InChI is InChI=1S/C20H25F2N3O3/c1-20(2,3)28-19(26)24-9-6-14(7-10-24)18-8-11-25(23-18)27-13-15-4-5-16(21)12-17(15)22/h4-5,8,11-12,14H,6-7,9-10,13H2,1-3H3. The summed E-state index contributed by atoms with van der Waals surface area (Å²) in [5, 5.41) is 4.39. The van der Waals surface area contributed by atoms with E-state index in [4.69, 9.17) is 9.57 Å². The third kappa shape index (κ3) is 5.21. The van der Waals surface area contributed by atoms with Gasteiger partial charge in [-0.15, -0.1) is 9.94 Å². The first kappa shape index (κ1) is 20.1. The van der Waals surface area contributed by atoms with Crippen molar-refractivity contribution < 1.29 is 23.1 Å². The number of piperidine rings is 1. The predicted molar refractivity (Wildman–Crippen MR) is 98.7 cm³/mol. The SMILES string of the molecule is CC(C)(C)OC(=O)N1CCC(c2ccn(OCc3ccc(F)cc3F)n2)CC1. The normalized spacial score (nSPS) is 15.5. The second-order valence-electron chi connectivity index (χ2n) is 7.89. The molecular formula is C20H25F2N3O3. The lowest BCUT2D eigenvalue weighted by Gasteiger charge is -2.32. The summed E-state index contributed by atoms with van der Waals surface area (Å²) in [5.74, 6) is -1.06. The highest BCUT2D eigenvalue weighted by Crippen LogP contribution is 2.27.